The highest BCUT2D eigenvalue weighted by Crippen LogP contribution is 2.34. The summed E-state index contributed by atoms with van der Waals surface area (Å²) in [4.78, 5) is 21.2. The van der Waals surface area contributed by atoms with E-state index < -0.39 is 26.2 Å². The fourth-order valence-electron chi connectivity index (χ4n) is 2.01. The second kappa shape index (κ2) is 3.68. The molecule has 5 nitrogen and oxygen atoms in total. The molecule has 0 amide bonds. The van der Waals surface area contributed by atoms with E-state index in [0.29, 0.717) is 12.1 Å². The van der Waals surface area contributed by atoms with E-state index in [1.165, 1.54) is 6.92 Å². The average Bonchev–Trinajstić information content (AvgIpc) is 2.24. The molecule has 0 N–H and O–H groups in total. The lowest BCUT2D eigenvalue weighted by Gasteiger charge is -2.13. The van der Waals surface area contributed by atoms with Gasteiger partial charge in [0, 0.05) is 17.9 Å². The van der Waals surface area contributed by atoms with E-state index in [-0.39, 0.29) is 4.92 Å². The summed E-state index contributed by atoms with van der Waals surface area (Å²) < 4.78 is 4.97. The summed E-state index contributed by atoms with van der Waals surface area (Å²) in [5.41, 5.74) is 0. The second-order valence-corrected chi connectivity index (χ2v) is 9.72. The van der Waals surface area contributed by atoms with Crippen LogP contribution in [0.5, 0.6) is 0 Å². The Morgan fingerprint density at radius 1 is 1.50 bits per heavy atom. The first kappa shape index (κ1) is 11.2. The molecule has 0 aliphatic carbocycles. The van der Waals surface area contributed by atoms with Gasteiger partial charge in [0.15, 0.2) is 6.10 Å². The Labute approximate surface area is 83.6 Å². The van der Waals surface area contributed by atoms with Crippen molar-refractivity contribution in [3.8, 4) is 0 Å². The fourth-order valence-corrected chi connectivity index (χ4v) is 5.16. The maximum absolute atomic E-state index is 10.7. The van der Waals surface area contributed by atoms with E-state index in [1.807, 2.05) is 0 Å². The van der Waals surface area contributed by atoms with Crippen LogP contribution in [0.3, 0.4) is 0 Å². The van der Waals surface area contributed by atoms with Gasteiger partial charge in [-0.25, -0.2) is 0 Å². The minimum Gasteiger partial charge on any atom is -0.456 e. The first-order valence-corrected chi connectivity index (χ1v) is 8.04. The number of ether oxygens (including phenoxy) is 1. The van der Waals surface area contributed by atoms with E-state index in [0.717, 1.165) is 0 Å². The predicted molar refractivity (Wildman–Crippen MR) is 53.4 cm³/mol. The number of nitrogens with zero attached hydrogens (tertiary/aromatic N) is 1. The topological polar surface area (TPSA) is 69.4 Å². The minimum atomic E-state index is -1.51. The number of rotatable bonds is 2. The Balaban J connectivity index is 2.72. The molecule has 0 aromatic carbocycles. The fraction of sp³-hybridized carbons (Fsp3) is 0.875. The Morgan fingerprint density at radius 3 is 2.50 bits per heavy atom. The number of carbonyl (C=O) groups is 1. The highest BCUT2D eigenvalue weighted by molar-refractivity contribution is 6.78. The van der Waals surface area contributed by atoms with E-state index in [1.54, 1.807) is 0 Å². The molecule has 6 heteroatoms. The molecule has 0 aromatic rings. The summed E-state index contributed by atoms with van der Waals surface area (Å²) in [6, 6.07) is 0.636. The molecule has 1 aliphatic heterocycles. The van der Waals surface area contributed by atoms with Gasteiger partial charge in [0.1, 0.15) is 0 Å². The van der Waals surface area contributed by atoms with Crippen molar-refractivity contribution < 1.29 is 14.5 Å². The third-order valence-corrected chi connectivity index (χ3v) is 5.56. The SMILES string of the molecule is CC(=O)OC1C[Si](C)(C)CC1[N+](=O)[O-]. The number of hydrogen-bond acceptors (Lipinski definition) is 4. The molecule has 1 aliphatic rings. The summed E-state index contributed by atoms with van der Waals surface area (Å²) >= 11 is 0. The molecular weight excluding hydrogens is 202 g/mol. The lowest BCUT2D eigenvalue weighted by molar-refractivity contribution is -0.526. The molecule has 80 valence electrons. The Kier molecular flexibility index (Phi) is 2.94. The van der Waals surface area contributed by atoms with Crippen molar-refractivity contribution in [1.29, 1.82) is 0 Å². The van der Waals surface area contributed by atoms with Gasteiger partial charge in [-0.15, -0.1) is 0 Å². The first-order valence-electron chi connectivity index (χ1n) is 4.62. The van der Waals surface area contributed by atoms with E-state index in [4.69, 9.17) is 4.74 Å². The minimum absolute atomic E-state index is 0.310. The van der Waals surface area contributed by atoms with Crippen LogP contribution in [0.15, 0.2) is 0 Å². The van der Waals surface area contributed by atoms with Crippen molar-refractivity contribution in [2.45, 2.75) is 44.3 Å². The molecule has 1 fully saturated rings. The summed E-state index contributed by atoms with van der Waals surface area (Å²) in [6.07, 6.45) is -0.496. The first-order chi connectivity index (χ1) is 6.32. The molecule has 0 bridgehead atoms. The quantitative estimate of drug-likeness (QED) is 0.302. The van der Waals surface area contributed by atoms with Crippen molar-refractivity contribution in [3.63, 3.8) is 0 Å². The van der Waals surface area contributed by atoms with Crippen molar-refractivity contribution in [1.82, 2.24) is 0 Å². The van der Waals surface area contributed by atoms with Crippen molar-refractivity contribution in [3.05, 3.63) is 10.1 Å². The van der Waals surface area contributed by atoms with E-state index >= 15 is 0 Å². The zero-order chi connectivity index (χ0) is 10.9. The average molecular weight is 217 g/mol. The van der Waals surface area contributed by atoms with Crippen molar-refractivity contribution in [2.75, 3.05) is 0 Å². The third kappa shape index (κ3) is 2.54. The van der Waals surface area contributed by atoms with Crippen LogP contribution in [0.25, 0.3) is 0 Å². The maximum Gasteiger partial charge on any atom is 0.303 e. The van der Waals surface area contributed by atoms with Gasteiger partial charge in [-0.05, 0) is 6.04 Å². The third-order valence-electron chi connectivity index (χ3n) is 2.53. The molecule has 0 radical (unpaired) electrons. The molecule has 2 atom stereocenters. The van der Waals surface area contributed by atoms with Crippen LogP contribution in [0.4, 0.5) is 0 Å². The van der Waals surface area contributed by atoms with Gasteiger partial charge in [-0.1, -0.05) is 13.1 Å². The summed E-state index contributed by atoms with van der Waals surface area (Å²) in [5.74, 6) is -0.423. The molecule has 0 spiro atoms. The zero-order valence-electron chi connectivity index (χ0n) is 8.65. The van der Waals surface area contributed by atoms with Crippen LogP contribution in [-0.4, -0.2) is 31.1 Å². The molecule has 1 rings (SSSR count). The lowest BCUT2D eigenvalue weighted by Crippen LogP contribution is -2.31. The summed E-state index contributed by atoms with van der Waals surface area (Å²) in [7, 11) is -1.51. The zero-order valence-corrected chi connectivity index (χ0v) is 9.65. The molecule has 1 saturated heterocycles. The highest BCUT2D eigenvalue weighted by Gasteiger charge is 2.49. The molecule has 2 unspecified atom stereocenters. The highest BCUT2D eigenvalue weighted by atomic mass is 28.3. The van der Waals surface area contributed by atoms with Crippen molar-refractivity contribution >= 4 is 14.0 Å². The van der Waals surface area contributed by atoms with Crippen LogP contribution in [0.2, 0.25) is 25.2 Å². The van der Waals surface area contributed by atoms with E-state index in [9.17, 15) is 14.9 Å². The smallest absolute Gasteiger partial charge is 0.303 e. The van der Waals surface area contributed by atoms with Crippen LogP contribution < -0.4 is 0 Å². The van der Waals surface area contributed by atoms with Gasteiger partial charge in [0.05, 0.1) is 8.07 Å². The van der Waals surface area contributed by atoms with Crippen LogP contribution in [-0.2, 0) is 9.53 Å². The van der Waals surface area contributed by atoms with Crippen LogP contribution >= 0.6 is 0 Å². The van der Waals surface area contributed by atoms with Crippen LogP contribution in [0.1, 0.15) is 6.92 Å². The van der Waals surface area contributed by atoms with E-state index in [2.05, 4.69) is 13.1 Å². The number of nitro groups is 1. The number of esters is 1. The Hall–Kier alpha value is -0.913. The van der Waals surface area contributed by atoms with Gasteiger partial charge in [0.2, 0.25) is 6.04 Å². The number of hydrogen-bond donors (Lipinski definition) is 0. The van der Waals surface area contributed by atoms with Gasteiger partial charge in [0.25, 0.3) is 0 Å². The van der Waals surface area contributed by atoms with Gasteiger partial charge >= 0.3 is 5.97 Å². The maximum atomic E-state index is 10.7. The Morgan fingerprint density at radius 2 is 2.07 bits per heavy atom. The lowest BCUT2D eigenvalue weighted by atomic mass is 10.2. The molecule has 0 saturated carbocycles. The molecule has 0 aromatic heterocycles. The predicted octanol–water partition coefficient (Wildman–Crippen LogP) is 1.29. The molecular formula is C8H15NO4Si. The van der Waals surface area contributed by atoms with Gasteiger partial charge in [-0.3, -0.25) is 14.9 Å². The monoisotopic (exact) mass is 217 g/mol. The van der Waals surface area contributed by atoms with Gasteiger partial charge < -0.3 is 4.74 Å². The largest absolute Gasteiger partial charge is 0.456 e. The second-order valence-electron chi connectivity index (χ2n) is 4.57. The van der Waals surface area contributed by atoms with Crippen molar-refractivity contribution in [2.24, 2.45) is 0 Å². The normalized spacial score (nSPS) is 29.9. The summed E-state index contributed by atoms with van der Waals surface area (Å²) in [5, 5.41) is 10.7. The van der Waals surface area contributed by atoms with Gasteiger partial charge in [-0.2, -0.15) is 0 Å². The molecule has 14 heavy (non-hydrogen) atoms. The standard InChI is InChI=1S/C8H15NO4Si/c1-6(10)13-8-5-14(2,3)4-7(8)9(11)12/h7-8H,4-5H2,1-3H3. The number of carbonyl (C=O) groups excluding carboxylic acids is 1. The molecule has 1 heterocycles. The Bertz CT molecular complexity index is 266. The summed E-state index contributed by atoms with van der Waals surface area (Å²) in [6.45, 7) is 5.48. The van der Waals surface area contributed by atoms with Crippen LogP contribution in [0, 0.1) is 10.1 Å².